The Hall–Kier alpha value is -2.05. The predicted octanol–water partition coefficient (Wildman–Crippen LogP) is 7.44. The van der Waals surface area contributed by atoms with Gasteiger partial charge in [0, 0.05) is 18.4 Å². The van der Waals surface area contributed by atoms with Gasteiger partial charge < -0.3 is 14.2 Å². The maximum Gasteiger partial charge on any atom is 0.158 e. The lowest BCUT2D eigenvalue weighted by molar-refractivity contribution is -0.227. The van der Waals surface area contributed by atoms with Crippen molar-refractivity contribution >= 4 is 22.4 Å². The van der Waals surface area contributed by atoms with Gasteiger partial charge in [-0.25, -0.2) is 8.78 Å². The molecular formula is C29H33ClF2O3. The number of rotatable bonds is 11. The van der Waals surface area contributed by atoms with E-state index in [1.165, 1.54) is 25.0 Å². The fourth-order valence-corrected chi connectivity index (χ4v) is 4.50. The highest BCUT2D eigenvalue weighted by molar-refractivity contribution is 6.30. The Kier molecular flexibility index (Phi) is 9.50. The molecule has 3 nitrogen and oxygen atoms in total. The van der Waals surface area contributed by atoms with Gasteiger partial charge in [0.15, 0.2) is 6.29 Å². The Bertz CT molecular complexity index is 1110. The highest BCUT2D eigenvalue weighted by Crippen LogP contribution is 2.25. The third kappa shape index (κ3) is 7.23. The molecule has 0 radical (unpaired) electrons. The molecule has 0 N–H and O–H groups in total. The lowest BCUT2D eigenvalue weighted by atomic mass is 9.98. The predicted molar refractivity (Wildman–Crippen MR) is 136 cm³/mol. The van der Waals surface area contributed by atoms with E-state index >= 15 is 4.39 Å². The largest absolute Gasteiger partial charge is 0.373 e. The second-order valence-corrected chi connectivity index (χ2v) is 9.58. The number of benzene rings is 3. The molecule has 6 heteroatoms. The number of ether oxygens (including phenoxy) is 3. The molecule has 0 bridgehead atoms. The molecule has 0 aliphatic carbocycles. The molecule has 0 spiro atoms. The zero-order chi connectivity index (χ0) is 24.6. The molecule has 1 heterocycles. The standard InChI is InChI=1S/C29H33ClF2O3/c1-2-3-4-15-33-24-18-34-28(35-19-24)14-8-20-6-12-25-23(16-20)11-10-22(29(25)32)9-5-21-7-13-26(30)27(31)17-21/h6-7,10-13,16-17,24,28H,2-5,8-9,14-15,18-19H2,1H3. The van der Waals surface area contributed by atoms with Crippen LogP contribution in [-0.4, -0.2) is 32.2 Å². The Morgan fingerprint density at radius 2 is 1.69 bits per heavy atom. The quantitative estimate of drug-likeness (QED) is 0.255. The molecule has 3 aromatic rings. The first kappa shape index (κ1) is 26.0. The number of fused-ring (bicyclic) bond motifs is 1. The first-order valence-corrected chi connectivity index (χ1v) is 12.9. The summed E-state index contributed by atoms with van der Waals surface area (Å²) in [6.07, 6.45) is 5.77. The Labute approximate surface area is 211 Å². The SMILES string of the molecule is CCCCCOC1COC(CCc2ccc3c(F)c(CCc4ccc(Cl)c(F)c4)ccc3c2)OC1. The van der Waals surface area contributed by atoms with Crippen LogP contribution in [0.25, 0.3) is 10.8 Å². The molecule has 188 valence electrons. The summed E-state index contributed by atoms with van der Waals surface area (Å²) in [5.74, 6) is -0.664. The molecule has 0 aromatic heterocycles. The minimum Gasteiger partial charge on any atom is -0.373 e. The van der Waals surface area contributed by atoms with Crippen molar-refractivity contribution in [2.24, 2.45) is 0 Å². The average molecular weight is 503 g/mol. The fraction of sp³-hybridized carbons (Fsp3) is 0.448. The second-order valence-electron chi connectivity index (χ2n) is 9.18. The molecule has 4 rings (SSSR count). The van der Waals surface area contributed by atoms with Crippen molar-refractivity contribution in [1.82, 2.24) is 0 Å². The summed E-state index contributed by atoms with van der Waals surface area (Å²) in [6, 6.07) is 14.3. The van der Waals surface area contributed by atoms with Gasteiger partial charge in [-0.1, -0.05) is 67.8 Å². The van der Waals surface area contributed by atoms with E-state index in [9.17, 15) is 4.39 Å². The molecule has 0 saturated carbocycles. The van der Waals surface area contributed by atoms with Crippen molar-refractivity contribution < 1.29 is 23.0 Å². The minimum absolute atomic E-state index is 0.0136. The Morgan fingerprint density at radius 1 is 0.914 bits per heavy atom. The average Bonchev–Trinajstić information content (AvgIpc) is 2.87. The first-order valence-electron chi connectivity index (χ1n) is 12.5. The van der Waals surface area contributed by atoms with Crippen LogP contribution < -0.4 is 0 Å². The Morgan fingerprint density at radius 3 is 2.46 bits per heavy atom. The molecule has 1 aliphatic rings. The zero-order valence-corrected chi connectivity index (χ0v) is 21.0. The molecule has 0 atom stereocenters. The number of aryl methyl sites for hydroxylation is 3. The van der Waals surface area contributed by atoms with Gasteiger partial charge in [0.05, 0.1) is 18.2 Å². The van der Waals surface area contributed by atoms with Gasteiger partial charge in [-0.05, 0) is 59.9 Å². The monoisotopic (exact) mass is 502 g/mol. The zero-order valence-electron chi connectivity index (χ0n) is 20.2. The van der Waals surface area contributed by atoms with E-state index in [0.29, 0.717) is 37.0 Å². The van der Waals surface area contributed by atoms with E-state index in [2.05, 4.69) is 6.92 Å². The van der Waals surface area contributed by atoms with Crippen molar-refractivity contribution in [2.75, 3.05) is 19.8 Å². The molecule has 1 saturated heterocycles. The topological polar surface area (TPSA) is 27.7 Å². The van der Waals surface area contributed by atoms with Gasteiger partial charge in [0.2, 0.25) is 0 Å². The molecule has 1 aliphatic heterocycles. The molecule has 1 fully saturated rings. The van der Waals surface area contributed by atoms with E-state index in [1.807, 2.05) is 30.3 Å². The van der Waals surface area contributed by atoms with Gasteiger partial charge >= 0.3 is 0 Å². The highest BCUT2D eigenvalue weighted by atomic mass is 35.5. The fourth-order valence-electron chi connectivity index (χ4n) is 4.38. The van der Waals surface area contributed by atoms with Crippen molar-refractivity contribution in [2.45, 2.75) is 64.3 Å². The van der Waals surface area contributed by atoms with Crippen LogP contribution in [0.3, 0.4) is 0 Å². The van der Waals surface area contributed by atoms with Crippen LogP contribution >= 0.6 is 11.6 Å². The van der Waals surface area contributed by atoms with Crippen LogP contribution in [0.2, 0.25) is 5.02 Å². The summed E-state index contributed by atoms with van der Waals surface area (Å²) in [7, 11) is 0. The number of hydrogen-bond donors (Lipinski definition) is 0. The van der Waals surface area contributed by atoms with E-state index in [4.69, 9.17) is 25.8 Å². The third-order valence-corrected chi connectivity index (χ3v) is 6.78. The van der Waals surface area contributed by atoms with Gasteiger partial charge in [-0.15, -0.1) is 0 Å². The van der Waals surface area contributed by atoms with Crippen LogP contribution in [0.4, 0.5) is 8.78 Å². The maximum atomic E-state index is 15.1. The van der Waals surface area contributed by atoms with Crippen LogP contribution in [-0.2, 0) is 33.5 Å². The van der Waals surface area contributed by atoms with Gasteiger partial charge in [-0.2, -0.15) is 0 Å². The van der Waals surface area contributed by atoms with Crippen molar-refractivity contribution in [3.05, 3.63) is 81.9 Å². The summed E-state index contributed by atoms with van der Waals surface area (Å²) in [6.45, 7) is 4.05. The molecular weight excluding hydrogens is 470 g/mol. The maximum absolute atomic E-state index is 15.1. The molecule has 0 unspecified atom stereocenters. The van der Waals surface area contributed by atoms with E-state index < -0.39 is 5.82 Å². The summed E-state index contributed by atoms with van der Waals surface area (Å²) in [5, 5.41) is 1.56. The smallest absolute Gasteiger partial charge is 0.158 e. The van der Waals surface area contributed by atoms with Gasteiger partial charge in [0.25, 0.3) is 0 Å². The van der Waals surface area contributed by atoms with Crippen molar-refractivity contribution in [3.63, 3.8) is 0 Å². The summed E-state index contributed by atoms with van der Waals surface area (Å²) in [4.78, 5) is 0. The molecule has 35 heavy (non-hydrogen) atoms. The van der Waals surface area contributed by atoms with E-state index in [-0.39, 0.29) is 23.2 Å². The summed E-state index contributed by atoms with van der Waals surface area (Å²) >= 11 is 5.74. The van der Waals surface area contributed by atoms with Crippen LogP contribution in [0.15, 0.2) is 48.5 Å². The van der Waals surface area contributed by atoms with Crippen molar-refractivity contribution in [3.8, 4) is 0 Å². The first-order chi connectivity index (χ1) is 17.0. The van der Waals surface area contributed by atoms with Crippen LogP contribution in [0, 0.1) is 11.6 Å². The van der Waals surface area contributed by atoms with Crippen LogP contribution in [0.5, 0.6) is 0 Å². The molecule has 0 amide bonds. The number of hydrogen-bond acceptors (Lipinski definition) is 3. The minimum atomic E-state index is -0.449. The third-order valence-electron chi connectivity index (χ3n) is 6.47. The lowest BCUT2D eigenvalue weighted by Crippen LogP contribution is -2.37. The normalized spacial score (nSPS) is 18.3. The lowest BCUT2D eigenvalue weighted by Gasteiger charge is -2.29. The van der Waals surface area contributed by atoms with Gasteiger partial charge in [0.1, 0.15) is 17.7 Å². The number of halogens is 3. The van der Waals surface area contributed by atoms with Gasteiger partial charge in [-0.3, -0.25) is 0 Å². The Balaban J connectivity index is 1.28. The highest BCUT2D eigenvalue weighted by Gasteiger charge is 2.22. The second kappa shape index (κ2) is 12.8. The summed E-state index contributed by atoms with van der Waals surface area (Å²) < 4.78 is 46.3. The van der Waals surface area contributed by atoms with Crippen molar-refractivity contribution in [1.29, 1.82) is 0 Å². The molecule has 3 aromatic carbocycles. The van der Waals surface area contributed by atoms with E-state index in [1.54, 1.807) is 6.07 Å². The number of unbranched alkanes of at least 4 members (excludes halogenated alkanes) is 2. The van der Waals surface area contributed by atoms with E-state index in [0.717, 1.165) is 42.4 Å². The van der Waals surface area contributed by atoms with Crippen LogP contribution in [0.1, 0.15) is 49.3 Å². The summed E-state index contributed by atoms with van der Waals surface area (Å²) in [5.41, 5.74) is 2.53.